The van der Waals surface area contributed by atoms with Crippen molar-refractivity contribution >= 4 is 28.3 Å². The monoisotopic (exact) mass is 409 g/mol. The van der Waals surface area contributed by atoms with E-state index in [2.05, 4.69) is 25.9 Å². The first-order chi connectivity index (χ1) is 14.4. The van der Waals surface area contributed by atoms with E-state index >= 15 is 0 Å². The molecule has 10 heteroatoms. The van der Waals surface area contributed by atoms with Crippen molar-refractivity contribution in [2.24, 2.45) is 7.05 Å². The molecule has 1 saturated heterocycles. The van der Waals surface area contributed by atoms with Crippen molar-refractivity contribution in [3.05, 3.63) is 57.1 Å². The molecule has 1 aromatic carbocycles. The molecule has 2 aromatic heterocycles. The highest BCUT2D eigenvalue weighted by Crippen LogP contribution is 2.27. The number of fused-ring (bicyclic) bond motifs is 1. The summed E-state index contributed by atoms with van der Waals surface area (Å²) in [6, 6.07) is 6.06. The average molecular weight is 409 g/mol. The van der Waals surface area contributed by atoms with Crippen molar-refractivity contribution in [1.29, 1.82) is 0 Å². The Morgan fingerprint density at radius 2 is 1.83 bits per heavy atom. The minimum atomic E-state index is -0.586. The standard InChI is InChI=1S/C20H23N7O3/c1-24(2)17-14-10-13(4-5-16(14)22-12-23-17)26-6-8-27(9-7-26)19(29)15-11-21-20(30)25(3)18(15)28/h4-5,10-12H,6-9H2,1-3H3,(H,21,30). The topological polar surface area (TPSA) is 107 Å². The minimum Gasteiger partial charge on any atom is -0.368 e. The molecule has 30 heavy (non-hydrogen) atoms. The van der Waals surface area contributed by atoms with Crippen LogP contribution in [0.4, 0.5) is 11.5 Å². The van der Waals surface area contributed by atoms with Crippen molar-refractivity contribution in [2.45, 2.75) is 0 Å². The molecule has 0 aliphatic carbocycles. The van der Waals surface area contributed by atoms with Crippen molar-refractivity contribution in [2.75, 3.05) is 50.1 Å². The van der Waals surface area contributed by atoms with Gasteiger partial charge in [-0.25, -0.2) is 14.8 Å². The largest absolute Gasteiger partial charge is 0.368 e. The van der Waals surface area contributed by atoms with Crippen LogP contribution in [-0.4, -0.2) is 70.6 Å². The Bertz CT molecular complexity index is 1220. The summed E-state index contributed by atoms with van der Waals surface area (Å²) in [5, 5.41) is 0.968. The first-order valence-electron chi connectivity index (χ1n) is 9.62. The Balaban J connectivity index is 1.53. The van der Waals surface area contributed by atoms with Gasteiger partial charge in [-0.15, -0.1) is 0 Å². The average Bonchev–Trinajstić information content (AvgIpc) is 2.76. The normalized spacial score (nSPS) is 14.2. The van der Waals surface area contributed by atoms with Gasteiger partial charge in [0.25, 0.3) is 11.5 Å². The first-order valence-corrected chi connectivity index (χ1v) is 9.62. The summed E-state index contributed by atoms with van der Waals surface area (Å²) in [5.74, 6) is 0.484. The second-order valence-electron chi connectivity index (χ2n) is 7.44. The maximum Gasteiger partial charge on any atom is 0.328 e. The molecular weight excluding hydrogens is 386 g/mol. The van der Waals surface area contributed by atoms with Gasteiger partial charge in [-0.1, -0.05) is 0 Å². The van der Waals surface area contributed by atoms with Crippen molar-refractivity contribution in [3.8, 4) is 0 Å². The Hall–Kier alpha value is -3.69. The molecular formula is C20H23N7O3. The van der Waals surface area contributed by atoms with Gasteiger partial charge in [0, 0.05) is 64.6 Å². The van der Waals surface area contributed by atoms with Gasteiger partial charge in [0.15, 0.2) is 0 Å². The van der Waals surface area contributed by atoms with E-state index in [1.165, 1.54) is 13.2 Å². The van der Waals surface area contributed by atoms with E-state index in [1.807, 2.05) is 31.1 Å². The van der Waals surface area contributed by atoms with Gasteiger partial charge < -0.3 is 19.7 Å². The Kier molecular flexibility index (Phi) is 4.98. The molecule has 0 spiro atoms. The zero-order valence-electron chi connectivity index (χ0n) is 17.1. The molecule has 0 bridgehead atoms. The van der Waals surface area contributed by atoms with Gasteiger partial charge in [0.1, 0.15) is 17.7 Å². The number of hydrogen-bond donors (Lipinski definition) is 1. The van der Waals surface area contributed by atoms with Gasteiger partial charge in [-0.05, 0) is 18.2 Å². The number of nitrogens with one attached hydrogen (secondary N) is 1. The fourth-order valence-corrected chi connectivity index (χ4v) is 3.64. The third-order valence-corrected chi connectivity index (χ3v) is 5.36. The van der Waals surface area contributed by atoms with Gasteiger partial charge >= 0.3 is 5.69 Å². The Morgan fingerprint density at radius 1 is 1.10 bits per heavy atom. The highest BCUT2D eigenvalue weighted by molar-refractivity contribution is 5.94. The van der Waals surface area contributed by atoms with Crippen LogP contribution in [0.3, 0.4) is 0 Å². The SMILES string of the molecule is CN(C)c1ncnc2ccc(N3CCN(C(=O)c4c[nH]c(=O)n(C)c4=O)CC3)cc12. The second-order valence-corrected chi connectivity index (χ2v) is 7.44. The fraction of sp³-hybridized carbons (Fsp3) is 0.350. The predicted molar refractivity (Wildman–Crippen MR) is 114 cm³/mol. The van der Waals surface area contributed by atoms with Crippen molar-refractivity contribution in [3.63, 3.8) is 0 Å². The van der Waals surface area contributed by atoms with Crippen LogP contribution >= 0.6 is 0 Å². The molecule has 10 nitrogen and oxygen atoms in total. The summed E-state index contributed by atoms with van der Waals surface area (Å²) in [6.45, 7) is 2.22. The number of piperazine rings is 1. The lowest BCUT2D eigenvalue weighted by atomic mass is 10.1. The number of rotatable bonds is 3. The van der Waals surface area contributed by atoms with Crippen molar-refractivity contribution in [1.82, 2.24) is 24.4 Å². The Morgan fingerprint density at radius 3 is 2.53 bits per heavy atom. The number of aromatic amines is 1. The minimum absolute atomic E-state index is 0.0240. The van der Waals surface area contributed by atoms with E-state index in [4.69, 9.17) is 0 Å². The van der Waals surface area contributed by atoms with Crippen LogP contribution in [-0.2, 0) is 7.05 Å². The third-order valence-electron chi connectivity index (χ3n) is 5.36. The zero-order valence-corrected chi connectivity index (χ0v) is 17.1. The lowest BCUT2D eigenvalue weighted by molar-refractivity contribution is 0.0743. The van der Waals surface area contributed by atoms with Gasteiger partial charge in [0.05, 0.1) is 5.52 Å². The van der Waals surface area contributed by atoms with Crippen LogP contribution in [0.25, 0.3) is 10.9 Å². The molecule has 156 valence electrons. The molecule has 0 unspecified atom stereocenters. The van der Waals surface area contributed by atoms with Crippen molar-refractivity contribution < 1.29 is 4.79 Å². The lowest BCUT2D eigenvalue weighted by Crippen LogP contribution is -2.50. The van der Waals surface area contributed by atoms with E-state index in [-0.39, 0.29) is 11.5 Å². The number of carbonyl (C=O) groups excluding carboxylic acids is 1. The zero-order chi connectivity index (χ0) is 21.4. The first kappa shape index (κ1) is 19.6. The van der Waals surface area contributed by atoms with E-state index in [0.717, 1.165) is 27.0 Å². The van der Waals surface area contributed by atoms with Gasteiger partial charge in [-0.3, -0.25) is 14.2 Å². The summed E-state index contributed by atoms with van der Waals surface area (Å²) >= 11 is 0. The summed E-state index contributed by atoms with van der Waals surface area (Å²) < 4.78 is 0.906. The Labute approximate surface area is 172 Å². The summed E-state index contributed by atoms with van der Waals surface area (Å²) in [7, 11) is 5.24. The molecule has 1 fully saturated rings. The highest BCUT2D eigenvalue weighted by Gasteiger charge is 2.25. The van der Waals surface area contributed by atoms with E-state index < -0.39 is 11.2 Å². The predicted octanol–water partition coefficient (Wildman–Crippen LogP) is 0.0452. The van der Waals surface area contributed by atoms with Crippen LogP contribution in [0.2, 0.25) is 0 Å². The molecule has 0 radical (unpaired) electrons. The maximum absolute atomic E-state index is 12.8. The molecule has 0 saturated carbocycles. The molecule has 1 aliphatic heterocycles. The number of anilines is 2. The van der Waals surface area contributed by atoms with Gasteiger partial charge in [-0.2, -0.15) is 0 Å². The number of amides is 1. The third kappa shape index (κ3) is 3.40. The lowest BCUT2D eigenvalue weighted by Gasteiger charge is -2.36. The van der Waals surface area contributed by atoms with Gasteiger partial charge in [0.2, 0.25) is 0 Å². The fourth-order valence-electron chi connectivity index (χ4n) is 3.64. The van der Waals surface area contributed by atoms with Crippen LogP contribution in [0.5, 0.6) is 0 Å². The number of benzene rings is 1. The van der Waals surface area contributed by atoms with Crippen LogP contribution in [0.1, 0.15) is 10.4 Å². The number of H-pyrrole nitrogens is 1. The molecule has 3 heterocycles. The smallest absolute Gasteiger partial charge is 0.328 e. The quantitative estimate of drug-likeness (QED) is 0.651. The molecule has 1 N–H and O–H groups in total. The molecule has 4 rings (SSSR count). The van der Waals surface area contributed by atoms with Crippen LogP contribution in [0.15, 0.2) is 40.3 Å². The molecule has 3 aromatic rings. The number of nitrogens with zero attached hydrogens (tertiary/aromatic N) is 6. The summed E-state index contributed by atoms with van der Waals surface area (Å²) in [4.78, 5) is 53.4. The van der Waals surface area contributed by atoms with E-state index in [9.17, 15) is 14.4 Å². The molecule has 1 amide bonds. The summed E-state index contributed by atoms with van der Waals surface area (Å²) in [5.41, 5.74) is 0.757. The number of aromatic nitrogens is 4. The summed E-state index contributed by atoms with van der Waals surface area (Å²) in [6.07, 6.45) is 2.76. The second kappa shape index (κ2) is 7.62. The van der Waals surface area contributed by atoms with E-state index in [0.29, 0.717) is 26.2 Å². The highest BCUT2D eigenvalue weighted by atomic mass is 16.2. The molecule has 1 aliphatic rings. The number of carbonyl (C=O) groups is 1. The van der Waals surface area contributed by atoms with E-state index in [1.54, 1.807) is 11.2 Å². The van der Waals surface area contributed by atoms with Crippen LogP contribution < -0.4 is 21.0 Å². The maximum atomic E-state index is 12.8. The number of hydrogen-bond acceptors (Lipinski definition) is 7. The molecule has 0 atom stereocenters. The van der Waals surface area contributed by atoms with Crippen LogP contribution in [0, 0.1) is 0 Å².